The molecule has 1 aromatic heterocycles. The molecule has 1 aromatic carbocycles. The maximum Gasteiger partial charge on any atom is 0.317 e. The van der Waals surface area contributed by atoms with Gasteiger partial charge in [0.25, 0.3) is 0 Å². The number of benzene rings is 1. The Morgan fingerprint density at radius 1 is 1.26 bits per heavy atom. The number of likely N-dealkylation sites (tertiary alicyclic amines) is 1. The number of aromatic nitrogens is 1. The Morgan fingerprint density at radius 2 is 2.00 bits per heavy atom. The fraction of sp³-hybridized carbons (Fsp3) is 0.444. The summed E-state index contributed by atoms with van der Waals surface area (Å²) in [7, 11) is 0. The Kier molecular flexibility index (Phi) is 4.65. The second kappa shape index (κ2) is 6.86. The monoisotopic (exact) mass is 313 g/mol. The lowest BCUT2D eigenvalue weighted by Crippen LogP contribution is -2.60. The number of fused-ring (bicyclic) bond motifs is 1. The summed E-state index contributed by atoms with van der Waals surface area (Å²) in [6, 6.07) is 12.1. The van der Waals surface area contributed by atoms with Crippen LogP contribution in [0.1, 0.15) is 26.7 Å². The van der Waals surface area contributed by atoms with Gasteiger partial charge in [-0.05, 0) is 25.0 Å². The van der Waals surface area contributed by atoms with Gasteiger partial charge in [-0.25, -0.2) is 9.78 Å². The Balaban J connectivity index is 1.52. The highest BCUT2D eigenvalue weighted by Crippen LogP contribution is 2.20. The molecule has 1 N–H and O–H groups in total. The van der Waals surface area contributed by atoms with Crippen molar-refractivity contribution >= 4 is 16.9 Å². The number of para-hydroxylation sites is 1. The molecule has 0 saturated carbocycles. The third-order valence-corrected chi connectivity index (χ3v) is 4.31. The number of carbonyl (C=O) groups is 1. The number of hydrogen-bond acceptors (Lipinski definition) is 3. The van der Waals surface area contributed by atoms with Crippen molar-refractivity contribution in [3.63, 3.8) is 0 Å². The maximum absolute atomic E-state index is 12.1. The molecule has 0 atom stereocenters. The summed E-state index contributed by atoms with van der Waals surface area (Å²) in [5.74, 6) is 0.619. The zero-order valence-electron chi connectivity index (χ0n) is 13.7. The molecule has 1 aliphatic rings. The van der Waals surface area contributed by atoms with Crippen LogP contribution < -0.4 is 10.1 Å². The zero-order valence-corrected chi connectivity index (χ0v) is 13.7. The number of hydrogen-bond donors (Lipinski definition) is 1. The van der Waals surface area contributed by atoms with Crippen LogP contribution in [0.4, 0.5) is 4.79 Å². The van der Waals surface area contributed by atoms with Crippen molar-refractivity contribution in [2.75, 3.05) is 13.1 Å². The van der Waals surface area contributed by atoms with E-state index in [2.05, 4.69) is 24.1 Å². The van der Waals surface area contributed by atoms with Gasteiger partial charge >= 0.3 is 6.03 Å². The highest BCUT2D eigenvalue weighted by molar-refractivity contribution is 5.78. The van der Waals surface area contributed by atoms with E-state index < -0.39 is 0 Å². The highest BCUT2D eigenvalue weighted by atomic mass is 16.5. The van der Waals surface area contributed by atoms with E-state index in [0.29, 0.717) is 19.0 Å². The van der Waals surface area contributed by atoms with Crippen molar-refractivity contribution < 1.29 is 9.53 Å². The van der Waals surface area contributed by atoms with E-state index in [1.165, 1.54) is 0 Å². The second-order valence-corrected chi connectivity index (χ2v) is 5.95. The first-order chi connectivity index (χ1) is 11.2. The molecule has 2 aromatic rings. The Bertz CT molecular complexity index is 679. The van der Waals surface area contributed by atoms with Crippen molar-refractivity contribution in [2.45, 2.75) is 38.8 Å². The van der Waals surface area contributed by atoms with Gasteiger partial charge in [0.1, 0.15) is 6.10 Å². The molecular weight excluding hydrogens is 290 g/mol. The standard InChI is InChI=1S/C18H23N3O2/c1-3-14(4-2)19-18(22)21-11-15(12-21)23-17-10-9-13-7-5-6-8-16(13)20-17/h5-10,14-15H,3-4,11-12H2,1-2H3,(H,19,22). The first kappa shape index (κ1) is 15.6. The lowest BCUT2D eigenvalue weighted by molar-refractivity contribution is 0.0405. The summed E-state index contributed by atoms with van der Waals surface area (Å²) < 4.78 is 5.86. The van der Waals surface area contributed by atoms with E-state index >= 15 is 0 Å². The molecule has 0 bridgehead atoms. The van der Waals surface area contributed by atoms with Crippen LogP contribution in [0.5, 0.6) is 5.88 Å². The van der Waals surface area contributed by atoms with Gasteiger partial charge in [-0.2, -0.15) is 0 Å². The molecule has 0 spiro atoms. The average Bonchev–Trinajstić information content (AvgIpc) is 2.55. The summed E-state index contributed by atoms with van der Waals surface area (Å²) in [4.78, 5) is 18.4. The Labute approximate surface area is 136 Å². The van der Waals surface area contributed by atoms with E-state index in [1.54, 1.807) is 4.90 Å². The molecule has 5 heteroatoms. The molecule has 2 amide bonds. The van der Waals surface area contributed by atoms with Crippen LogP contribution in [-0.4, -0.2) is 41.2 Å². The quantitative estimate of drug-likeness (QED) is 0.922. The van der Waals surface area contributed by atoms with Crippen molar-refractivity contribution in [2.24, 2.45) is 0 Å². The van der Waals surface area contributed by atoms with Gasteiger partial charge in [-0.1, -0.05) is 32.0 Å². The number of ether oxygens (including phenoxy) is 1. The number of amides is 2. The van der Waals surface area contributed by atoms with Crippen LogP contribution in [0.2, 0.25) is 0 Å². The summed E-state index contributed by atoms with van der Waals surface area (Å²) in [5, 5.41) is 4.14. The van der Waals surface area contributed by atoms with Gasteiger partial charge in [0.2, 0.25) is 5.88 Å². The van der Waals surface area contributed by atoms with Crippen LogP contribution in [0.3, 0.4) is 0 Å². The molecule has 1 saturated heterocycles. The zero-order chi connectivity index (χ0) is 16.2. The summed E-state index contributed by atoms with van der Waals surface area (Å²) in [6.45, 7) is 5.39. The molecular formula is C18H23N3O2. The van der Waals surface area contributed by atoms with Crippen molar-refractivity contribution in [3.8, 4) is 5.88 Å². The second-order valence-electron chi connectivity index (χ2n) is 5.95. The predicted molar refractivity (Wildman–Crippen MR) is 90.6 cm³/mol. The molecule has 1 aliphatic heterocycles. The lowest BCUT2D eigenvalue weighted by Gasteiger charge is -2.39. The first-order valence-electron chi connectivity index (χ1n) is 8.27. The summed E-state index contributed by atoms with van der Waals surface area (Å²) in [5.41, 5.74) is 0.924. The molecule has 0 aliphatic carbocycles. The van der Waals surface area contributed by atoms with Crippen molar-refractivity contribution in [1.82, 2.24) is 15.2 Å². The molecule has 0 radical (unpaired) electrons. The van der Waals surface area contributed by atoms with E-state index in [9.17, 15) is 4.79 Å². The first-order valence-corrected chi connectivity index (χ1v) is 8.27. The van der Waals surface area contributed by atoms with Crippen LogP contribution in [0.15, 0.2) is 36.4 Å². The van der Waals surface area contributed by atoms with E-state index in [0.717, 1.165) is 23.7 Å². The average molecular weight is 313 g/mol. The van der Waals surface area contributed by atoms with E-state index in [4.69, 9.17) is 4.74 Å². The van der Waals surface area contributed by atoms with Gasteiger partial charge in [0.05, 0.1) is 18.6 Å². The van der Waals surface area contributed by atoms with Crippen molar-refractivity contribution in [3.05, 3.63) is 36.4 Å². The molecule has 2 heterocycles. The molecule has 1 fully saturated rings. The fourth-order valence-electron chi connectivity index (χ4n) is 2.72. The molecule has 3 rings (SSSR count). The predicted octanol–water partition coefficient (Wildman–Crippen LogP) is 3.20. The minimum Gasteiger partial charge on any atom is -0.471 e. The van der Waals surface area contributed by atoms with Gasteiger partial charge in [0, 0.05) is 17.5 Å². The number of urea groups is 1. The molecule has 5 nitrogen and oxygen atoms in total. The largest absolute Gasteiger partial charge is 0.471 e. The third kappa shape index (κ3) is 3.55. The number of rotatable bonds is 5. The highest BCUT2D eigenvalue weighted by Gasteiger charge is 2.33. The molecule has 23 heavy (non-hydrogen) atoms. The normalized spacial score (nSPS) is 14.8. The Hall–Kier alpha value is -2.30. The number of carbonyl (C=O) groups excluding carboxylic acids is 1. The van der Waals surface area contributed by atoms with Crippen LogP contribution in [0.25, 0.3) is 10.9 Å². The fourth-order valence-corrected chi connectivity index (χ4v) is 2.72. The minimum absolute atomic E-state index is 0.00465. The number of nitrogens with one attached hydrogen (secondary N) is 1. The summed E-state index contributed by atoms with van der Waals surface area (Å²) in [6.07, 6.45) is 1.93. The van der Waals surface area contributed by atoms with E-state index in [1.807, 2.05) is 36.4 Å². The Morgan fingerprint density at radius 3 is 2.74 bits per heavy atom. The van der Waals surface area contributed by atoms with Gasteiger partial charge in [0.15, 0.2) is 0 Å². The smallest absolute Gasteiger partial charge is 0.317 e. The van der Waals surface area contributed by atoms with Gasteiger partial charge in [-0.3, -0.25) is 0 Å². The molecule has 0 unspecified atom stereocenters. The van der Waals surface area contributed by atoms with Crippen LogP contribution in [-0.2, 0) is 0 Å². The van der Waals surface area contributed by atoms with Crippen molar-refractivity contribution in [1.29, 1.82) is 0 Å². The SMILES string of the molecule is CCC(CC)NC(=O)N1CC(Oc2ccc3ccccc3n2)C1. The van der Waals surface area contributed by atoms with Crippen LogP contribution in [0, 0.1) is 0 Å². The number of nitrogens with zero attached hydrogens (tertiary/aromatic N) is 2. The number of pyridine rings is 1. The van der Waals surface area contributed by atoms with Gasteiger partial charge < -0.3 is 15.0 Å². The topological polar surface area (TPSA) is 54.5 Å². The van der Waals surface area contributed by atoms with Crippen LogP contribution >= 0.6 is 0 Å². The van der Waals surface area contributed by atoms with Gasteiger partial charge in [-0.15, -0.1) is 0 Å². The minimum atomic E-state index is 0.00465. The molecule has 122 valence electrons. The lowest BCUT2D eigenvalue weighted by atomic mass is 10.1. The summed E-state index contributed by atoms with van der Waals surface area (Å²) >= 11 is 0. The third-order valence-electron chi connectivity index (χ3n) is 4.31. The van der Waals surface area contributed by atoms with E-state index in [-0.39, 0.29) is 18.2 Å². The maximum atomic E-state index is 12.1.